The first-order valence-corrected chi connectivity index (χ1v) is 6.63. The third kappa shape index (κ3) is 3.48. The van der Waals surface area contributed by atoms with Gasteiger partial charge in [0.2, 0.25) is 0 Å². The van der Waals surface area contributed by atoms with Crippen LogP contribution < -0.4 is 10.1 Å². The van der Waals surface area contributed by atoms with E-state index in [1.807, 2.05) is 0 Å². The van der Waals surface area contributed by atoms with Gasteiger partial charge in [-0.1, -0.05) is 6.07 Å². The smallest absolute Gasteiger partial charge is 0.330 e. The maximum Gasteiger partial charge on any atom is 0.330 e. The molecule has 0 saturated carbocycles. The molecule has 2 N–H and O–H groups in total. The van der Waals surface area contributed by atoms with E-state index in [1.54, 1.807) is 43.6 Å². The molecule has 6 heteroatoms. The fourth-order valence-electron chi connectivity index (χ4n) is 1.75. The van der Waals surface area contributed by atoms with Gasteiger partial charge in [-0.3, -0.25) is 4.98 Å². The molecular formula is C14H13BrN2O3. The number of methoxy groups -OCH3 is 1. The van der Waals surface area contributed by atoms with Crippen molar-refractivity contribution in [3.05, 3.63) is 52.8 Å². The molecule has 1 unspecified atom stereocenters. The lowest BCUT2D eigenvalue weighted by atomic mass is 10.1. The van der Waals surface area contributed by atoms with Crippen molar-refractivity contribution in [3.8, 4) is 5.75 Å². The van der Waals surface area contributed by atoms with Gasteiger partial charge in [0.25, 0.3) is 0 Å². The summed E-state index contributed by atoms with van der Waals surface area (Å²) in [5.74, 6) is -0.320. The topological polar surface area (TPSA) is 71.5 Å². The van der Waals surface area contributed by atoms with Gasteiger partial charge in [0.1, 0.15) is 5.75 Å². The Labute approximate surface area is 124 Å². The fraction of sp³-hybridized carbons (Fsp3) is 0.143. The third-order valence-electron chi connectivity index (χ3n) is 2.69. The van der Waals surface area contributed by atoms with E-state index >= 15 is 0 Å². The number of carbonyl (C=O) groups is 1. The van der Waals surface area contributed by atoms with E-state index in [-0.39, 0.29) is 0 Å². The summed E-state index contributed by atoms with van der Waals surface area (Å²) in [6.45, 7) is 0. The van der Waals surface area contributed by atoms with Crippen molar-refractivity contribution in [3.63, 3.8) is 0 Å². The number of nitrogens with zero attached hydrogens (tertiary/aromatic N) is 1. The Hall–Kier alpha value is -2.08. The van der Waals surface area contributed by atoms with Gasteiger partial charge >= 0.3 is 5.97 Å². The Balaban J connectivity index is 2.28. The second kappa shape index (κ2) is 6.38. The summed E-state index contributed by atoms with van der Waals surface area (Å²) in [4.78, 5) is 15.4. The van der Waals surface area contributed by atoms with Crippen LogP contribution in [0, 0.1) is 0 Å². The zero-order valence-electron chi connectivity index (χ0n) is 10.7. The number of hydrogen-bond acceptors (Lipinski definition) is 4. The third-order valence-corrected chi connectivity index (χ3v) is 3.12. The normalized spacial score (nSPS) is 11.7. The van der Waals surface area contributed by atoms with Gasteiger partial charge in [-0.2, -0.15) is 0 Å². The number of ether oxygens (including phenoxy) is 1. The summed E-state index contributed by atoms with van der Waals surface area (Å²) in [7, 11) is 1.56. The molecule has 1 aromatic heterocycles. The van der Waals surface area contributed by atoms with Gasteiger partial charge in [0, 0.05) is 34.2 Å². The van der Waals surface area contributed by atoms with Gasteiger partial charge in [-0.15, -0.1) is 0 Å². The molecule has 0 aliphatic heterocycles. The van der Waals surface area contributed by atoms with E-state index in [0.29, 0.717) is 17.0 Å². The van der Waals surface area contributed by atoms with Crippen LogP contribution in [0.4, 0.5) is 5.69 Å². The Bertz CT molecular complexity index is 619. The SMILES string of the molecule is COc1cccc(NC(C(=O)O)c2cncc(Br)c2)c1. The first-order valence-electron chi connectivity index (χ1n) is 5.84. The summed E-state index contributed by atoms with van der Waals surface area (Å²) in [6.07, 6.45) is 3.13. The summed E-state index contributed by atoms with van der Waals surface area (Å²) in [5, 5.41) is 12.3. The first kappa shape index (κ1) is 14.3. The molecule has 0 aliphatic carbocycles. The molecule has 0 bridgehead atoms. The van der Waals surface area contributed by atoms with Crippen molar-refractivity contribution in [1.29, 1.82) is 0 Å². The Morgan fingerprint density at radius 2 is 2.20 bits per heavy atom. The van der Waals surface area contributed by atoms with E-state index in [4.69, 9.17) is 4.74 Å². The van der Waals surface area contributed by atoms with E-state index in [2.05, 4.69) is 26.2 Å². The van der Waals surface area contributed by atoms with Crippen molar-refractivity contribution < 1.29 is 14.6 Å². The second-order valence-corrected chi connectivity index (χ2v) is 5.00. The minimum atomic E-state index is -0.979. The second-order valence-electron chi connectivity index (χ2n) is 4.08. The van der Waals surface area contributed by atoms with Crippen molar-refractivity contribution in [2.75, 3.05) is 12.4 Å². The van der Waals surface area contributed by atoms with Gasteiger partial charge < -0.3 is 15.2 Å². The quantitative estimate of drug-likeness (QED) is 0.877. The lowest BCUT2D eigenvalue weighted by molar-refractivity contribution is -0.138. The molecule has 20 heavy (non-hydrogen) atoms. The minimum Gasteiger partial charge on any atom is -0.497 e. The van der Waals surface area contributed by atoms with Gasteiger partial charge in [0.15, 0.2) is 6.04 Å². The van der Waals surface area contributed by atoms with Crippen LogP contribution in [0.15, 0.2) is 47.2 Å². The highest BCUT2D eigenvalue weighted by Gasteiger charge is 2.20. The van der Waals surface area contributed by atoms with Crippen LogP contribution >= 0.6 is 15.9 Å². The summed E-state index contributed by atoms with van der Waals surface area (Å²) < 4.78 is 5.84. The van der Waals surface area contributed by atoms with E-state index < -0.39 is 12.0 Å². The van der Waals surface area contributed by atoms with Crippen LogP contribution in [0.3, 0.4) is 0 Å². The van der Waals surface area contributed by atoms with E-state index in [1.165, 1.54) is 6.20 Å². The first-order chi connectivity index (χ1) is 9.60. The van der Waals surface area contributed by atoms with Crippen LogP contribution in [-0.4, -0.2) is 23.2 Å². The van der Waals surface area contributed by atoms with Crippen molar-refractivity contribution >= 4 is 27.6 Å². The van der Waals surface area contributed by atoms with E-state index in [9.17, 15) is 9.90 Å². The maximum absolute atomic E-state index is 11.4. The molecule has 1 heterocycles. The van der Waals surface area contributed by atoms with Gasteiger partial charge in [0.05, 0.1) is 7.11 Å². The number of benzene rings is 1. The van der Waals surface area contributed by atoms with Crippen molar-refractivity contribution in [2.24, 2.45) is 0 Å². The number of carboxylic acid groups (broad SMARTS) is 1. The predicted molar refractivity (Wildman–Crippen MR) is 78.9 cm³/mol. The average Bonchev–Trinajstić information content (AvgIpc) is 2.44. The molecular weight excluding hydrogens is 324 g/mol. The molecule has 0 spiro atoms. The molecule has 2 rings (SSSR count). The van der Waals surface area contributed by atoms with Crippen LogP contribution in [0.5, 0.6) is 5.75 Å². The van der Waals surface area contributed by atoms with Crippen molar-refractivity contribution in [2.45, 2.75) is 6.04 Å². The zero-order valence-corrected chi connectivity index (χ0v) is 12.3. The zero-order chi connectivity index (χ0) is 14.5. The van der Waals surface area contributed by atoms with Crippen LogP contribution in [0.1, 0.15) is 11.6 Å². The lowest BCUT2D eigenvalue weighted by Crippen LogP contribution is -2.20. The number of aromatic nitrogens is 1. The number of halogens is 1. The van der Waals surface area contributed by atoms with Crippen LogP contribution in [0.2, 0.25) is 0 Å². The summed E-state index contributed by atoms with van der Waals surface area (Å²) in [6, 6.07) is 7.94. The molecule has 1 atom stereocenters. The molecule has 104 valence electrons. The highest BCUT2D eigenvalue weighted by molar-refractivity contribution is 9.10. The standard InChI is InChI=1S/C14H13BrN2O3/c1-20-12-4-2-3-11(6-12)17-13(14(18)19)9-5-10(15)8-16-7-9/h2-8,13,17H,1H3,(H,18,19). The molecule has 0 fully saturated rings. The Kier molecular flexibility index (Phi) is 4.57. The monoisotopic (exact) mass is 336 g/mol. The molecule has 0 amide bonds. The minimum absolute atomic E-state index is 0.565. The number of aliphatic carboxylic acids is 1. The molecule has 1 aromatic carbocycles. The maximum atomic E-state index is 11.4. The number of rotatable bonds is 5. The fourth-order valence-corrected chi connectivity index (χ4v) is 2.14. The Morgan fingerprint density at radius 3 is 2.85 bits per heavy atom. The number of anilines is 1. The highest BCUT2D eigenvalue weighted by atomic mass is 79.9. The molecule has 5 nitrogen and oxygen atoms in total. The van der Waals surface area contributed by atoms with Crippen molar-refractivity contribution in [1.82, 2.24) is 4.98 Å². The summed E-state index contributed by atoms with van der Waals surface area (Å²) >= 11 is 3.28. The van der Waals surface area contributed by atoms with Gasteiger partial charge in [-0.25, -0.2) is 4.79 Å². The Morgan fingerprint density at radius 1 is 1.40 bits per heavy atom. The molecule has 2 aromatic rings. The van der Waals surface area contributed by atoms with Gasteiger partial charge in [-0.05, 0) is 34.1 Å². The van der Waals surface area contributed by atoms with E-state index in [0.717, 1.165) is 4.47 Å². The molecule has 0 radical (unpaired) electrons. The molecule has 0 saturated heterocycles. The summed E-state index contributed by atoms with van der Waals surface area (Å²) in [5.41, 5.74) is 1.23. The number of hydrogen-bond donors (Lipinski definition) is 2. The molecule has 0 aliphatic rings. The number of nitrogens with one attached hydrogen (secondary N) is 1. The van der Waals surface area contributed by atoms with Crippen LogP contribution in [0.25, 0.3) is 0 Å². The average molecular weight is 337 g/mol. The largest absolute Gasteiger partial charge is 0.497 e. The lowest BCUT2D eigenvalue weighted by Gasteiger charge is -2.16. The predicted octanol–water partition coefficient (Wildman–Crippen LogP) is 3.09. The number of pyridine rings is 1. The van der Waals surface area contributed by atoms with Crippen LogP contribution in [-0.2, 0) is 4.79 Å². The number of carboxylic acids is 1. The highest BCUT2D eigenvalue weighted by Crippen LogP contribution is 2.24.